The van der Waals surface area contributed by atoms with Crippen LogP contribution in [-0.2, 0) is 0 Å². The van der Waals surface area contributed by atoms with Gasteiger partial charge in [-0.2, -0.15) is 4.37 Å². The van der Waals surface area contributed by atoms with Crippen molar-refractivity contribution < 1.29 is 4.79 Å². The lowest BCUT2D eigenvalue weighted by atomic mass is 10.2. The maximum atomic E-state index is 10.5. The van der Waals surface area contributed by atoms with Gasteiger partial charge in [-0.3, -0.25) is 4.79 Å². The van der Waals surface area contributed by atoms with Crippen molar-refractivity contribution in [2.24, 2.45) is 0 Å². The molecule has 12 heavy (non-hydrogen) atoms. The molecule has 1 aromatic heterocycles. The highest BCUT2D eigenvalue weighted by Crippen LogP contribution is 2.24. The van der Waals surface area contributed by atoms with Crippen molar-refractivity contribution in [3.8, 4) is 0 Å². The van der Waals surface area contributed by atoms with Crippen LogP contribution in [0.3, 0.4) is 0 Å². The number of aromatic nitrogens is 1. The van der Waals surface area contributed by atoms with Crippen molar-refractivity contribution in [2.45, 2.75) is 0 Å². The molecule has 0 N–H and O–H groups in total. The zero-order valence-electron chi connectivity index (χ0n) is 5.95. The molecule has 0 aliphatic heterocycles. The van der Waals surface area contributed by atoms with Crippen molar-refractivity contribution in [3.05, 3.63) is 28.9 Å². The zero-order chi connectivity index (χ0) is 8.55. The Labute approximate surface area is 77.9 Å². The average Bonchev–Trinajstić information content (AvgIpc) is 2.46. The minimum absolute atomic E-state index is 0.470. The number of hydrogen-bond acceptors (Lipinski definition) is 3. The predicted molar refractivity (Wildman–Crippen MR) is 50.0 cm³/mol. The van der Waals surface area contributed by atoms with E-state index in [1.54, 1.807) is 12.1 Å². The van der Waals surface area contributed by atoms with Crippen molar-refractivity contribution in [1.29, 1.82) is 0 Å². The maximum absolute atomic E-state index is 10.5. The molecule has 0 fully saturated rings. The van der Waals surface area contributed by atoms with E-state index in [4.69, 9.17) is 11.6 Å². The van der Waals surface area contributed by atoms with E-state index < -0.39 is 0 Å². The highest BCUT2D eigenvalue weighted by molar-refractivity contribution is 7.13. The Kier molecular flexibility index (Phi) is 1.83. The number of carbonyl (C=O) groups excluding carboxylic acids is 1. The van der Waals surface area contributed by atoms with Gasteiger partial charge in [-0.05, 0) is 29.7 Å². The summed E-state index contributed by atoms with van der Waals surface area (Å²) in [4.78, 5) is 10.5. The van der Waals surface area contributed by atoms with Crippen molar-refractivity contribution in [2.75, 3.05) is 0 Å². The van der Waals surface area contributed by atoms with Crippen molar-refractivity contribution in [3.63, 3.8) is 0 Å². The van der Waals surface area contributed by atoms with E-state index in [1.807, 2.05) is 6.07 Å². The molecule has 2 aromatic rings. The van der Waals surface area contributed by atoms with Gasteiger partial charge in [0.2, 0.25) is 0 Å². The summed E-state index contributed by atoms with van der Waals surface area (Å²) in [5.41, 5.74) is 0.470. The topological polar surface area (TPSA) is 30.0 Å². The first kappa shape index (κ1) is 7.71. The van der Waals surface area contributed by atoms with Crippen LogP contribution >= 0.6 is 23.1 Å². The molecule has 1 aromatic carbocycles. The molecule has 0 unspecified atom stereocenters. The molecular formula is C8H4ClNOS. The van der Waals surface area contributed by atoms with Crippen LogP contribution in [0.2, 0.25) is 5.02 Å². The fourth-order valence-corrected chi connectivity index (χ4v) is 1.92. The Morgan fingerprint density at radius 1 is 1.50 bits per heavy atom. The van der Waals surface area contributed by atoms with Crippen molar-refractivity contribution in [1.82, 2.24) is 4.37 Å². The molecule has 0 bridgehead atoms. The zero-order valence-corrected chi connectivity index (χ0v) is 7.52. The van der Waals surface area contributed by atoms with E-state index in [-0.39, 0.29) is 0 Å². The second-order valence-electron chi connectivity index (χ2n) is 2.33. The van der Waals surface area contributed by atoms with Gasteiger partial charge in [-0.25, -0.2) is 0 Å². The molecule has 4 heteroatoms. The maximum Gasteiger partial charge on any atom is 0.170 e. The molecule has 0 aliphatic carbocycles. The highest BCUT2D eigenvalue weighted by atomic mass is 35.5. The van der Waals surface area contributed by atoms with E-state index in [2.05, 4.69) is 4.37 Å². The van der Waals surface area contributed by atoms with Crippen LogP contribution in [0.25, 0.3) is 10.1 Å². The first-order chi connectivity index (χ1) is 5.81. The first-order valence-corrected chi connectivity index (χ1v) is 4.46. The molecule has 2 nitrogen and oxygen atoms in total. The van der Waals surface area contributed by atoms with Crippen molar-refractivity contribution >= 4 is 39.5 Å². The molecule has 60 valence electrons. The van der Waals surface area contributed by atoms with Crippen LogP contribution < -0.4 is 0 Å². The number of fused-ring (bicyclic) bond motifs is 1. The summed E-state index contributed by atoms with van der Waals surface area (Å²) < 4.78 is 4.96. The average molecular weight is 198 g/mol. The number of carbonyl (C=O) groups is 1. The van der Waals surface area contributed by atoms with Crippen LogP contribution in [0.1, 0.15) is 10.5 Å². The lowest BCUT2D eigenvalue weighted by Gasteiger charge is -1.89. The van der Waals surface area contributed by atoms with E-state index in [9.17, 15) is 4.79 Å². The Bertz CT molecular complexity index is 438. The first-order valence-electron chi connectivity index (χ1n) is 3.31. The lowest BCUT2D eigenvalue weighted by Crippen LogP contribution is -1.77. The van der Waals surface area contributed by atoms with Crippen LogP contribution in [0.4, 0.5) is 0 Å². The van der Waals surface area contributed by atoms with Gasteiger partial charge in [0.1, 0.15) is 5.69 Å². The second kappa shape index (κ2) is 2.84. The Balaban J connectivity index is 2.83. The Hall–Kier alpha value is -0.930. The molecule has 0 radical (unpaired) electrons. The fraction of sp³-hybridized carbons (Fsp3) is 0. The third-order valence-electron chi connectivity index (χ3n) is 1.57. The van der Waals surface area contributed by atoms with Crippen LogP contribution in [0.15, 0.2) is 18.2 Å². The van der Waals surface area contributed by atoms with Gasteiger partial charge < -0.3 is 0 Å². The monoisotopic (exact) mass is 197 g/mol. The molecule has 0 saturated carbocycles. The summed E-state index contributed by atoms with van der Waals surface area (Å²) >= 11 is 7.07. The fourth-order valence-electron chi connectivity index (χ4n) is 1.01. The second-order valence-corrected chi connectivity index (χ2v) is 3.57. The summed E-state index contributed by atoms with van der Waals surface area (Å²) in [6.45, 7) is 0. The van der Waals surface area contributed by atoms with Gasteiger partial charge in [0.15, 0.2) is 6.29 Å². The van der Waals surface area contributed by atoms with Crippen LogP contribution in [-0.4, -0.2) is 10.7 Å². The summed E-state index contributed by atoms with van der Waals surface area (Å²) in [6, 6.07) is 5.41. The quantitative estimate of drug-likeness (QED) is 0.658. The van der Waals surface area contributed by atoms with Crippen LogP contribution in [0.5, 0.6) is 0 Å². The highest BCUT2D eigenvalue weighted by Gasteiger charge is 2.04. The summed E-state index contributed by atoms with van der Waals surface area (Å²) in [5, 5.41) is 1.47. The van der Waals surface area contributed by atoms with Gasteiger partial charge in [0.05, 0.1) is 4.70 Å². The smallest absolute Gasteiger partial charge is 0.170 e. The minimum atomic E-state index is 0.470. The van der Waals surface area contributed by atoms with Gasteiger partial charge in [-0.1, -0.05) is 11.6 Å². The number of aldehydes is 1. The standard InChI is InChI=1S/C8H4ClNOS/c9-5-1-2-8-6(3-5)7(4-11)10-12-8/h1-4H. The Morgan fingerprint density at radius 2 is 2.33 bits per heavy atom. The number of hydrogen-bond donors (Lipinski definition) is 0. The molecule has 0 atom stereocenters. The Morgan fingerprint density at radius 3 is 3.08 bits per heavy atom. The predicted octanol–water partition coefficient (Wildman–Crippen LogP) is 2.76. The van der Waals surface area contributed by atoms with Gasteiger partial charge in [0, 0.05) is 10.4 Å². The summed E-state index contributed by atoms with van der Waals surface area (Å²) in [6.07, 6.45) is 0.745. The third-order valence-corrected chi connectivity index (χ3v) is 2.65. The van der Waals surface area contributed by atoms with E-state index in [0.29, 0.717) is 10.7 Å². The molecule has 0 amide bonds. The molecule has 0 saturated heterocycles. The number of rotatable bonds is 1. The van der Waals surface area contributed by atoms with E-state index in [0.717, 1.165) is 16.4 Å². The van der Waals surface area contributed by atoms with Gasteiger partial charge in [0.25, 0.3) is 0 Å². The molecule has 1 heterocycles. The van der Waals surface area contributed by atoms with Gasteiger partial charge in [-0.15, -0.1) is 0 Å². The third kappa shape index (κ3) is 1.11. The summed E-state index contributed by atoms with van der Waals surface area (Å²) in [7, 11) is 0. The van der Waals surface area contributed by atoms with Crippen LogP contribution in [0, 0.1) is 0 Å². The molecule has 0 aliphatic rings. The largest absolute Gasteiger partial charge is 0.296 e. The summed E-state index contributed by atoms with van der Waals surface area (Å²) in [5.74, 6) is 0. The number of halogens is 1. The molecule has 0 spiro atoms. The van der Waals surface area contributed by atoms with E-state index >= 15 is 0 Å². The molecule has 2 rings (SSSR count). The SMILES string of the molecule is O=Cc1nsc2ccc(Cl)cc12. The number of benzene rings is 1. The number of nitrogens with zero attached hydrogens (tertiary/aromatic N) is 1. The van der Waals surface area contributed by atoms with E-state index in [1.165, 1.54) is 11.5 Å². The minimum Gasteiger partial charge on any atom is -0.296 e. The normalized spacial score (nSPS) is 10.4. The molecular weight excluding hydrogens is 194 g/mol. The lowest BCUT2D eigenvalue weighted by molar-refractivity contribution is 0.112. The van der Waals surface area contributed by atoms with Gasteiger partial charge >= 0.3 is 0 Å².